The van der Waals surface area contributed by atoms with Crippen molar-refractivity contribution in [1.29, 1.82) is 0 Å². The summed E-state index contributed by atoms with van der Waals surface area (Å²) in [5.74, 6) is -0.668. The Kier molecular flexibility index (Phi) is 7.50. The maximum atomic E-state index is 12.2. The number of esters is 1. The fraction of sp³-hybridized carbons (Fsp3) is 0.400. The Labute approximate surface area is 148 Å². The first-order chi connectivity index (χ1) is 11.3. The van der Waals surface area contributed by atoms with E-state index in [4.69, 9.17) is 14.2 Å². The van der Waals surface area contributed by atoms with Gasteiger partial charge in [0.15, 0.2) is 17.6 Å². The van der Waals surface area contributed by atoms with Gasteiger partial charge in [0.05, 0.1) is 23.8 Å². The molecule has 1 aromatic rings. The van der Waals surface area contributed by atoms with Crippen molar-refractivity contribution in [3.8, 4) is 11.5 Å². The van der Waals surface area contributed by atoms with Crippen LogP contribution in [0, 0.1) is 0 Å². The first-order valence-corrected chi connectivity index (χ1v) is 7.87. The van der Waals surface area contributed by atoms with Crippen LogP contribution in [0.3, 0.4) is 0 Å². The number of methoxy groups -OCH3 is 1. The number of urea groups is 1. The molecular formula is C15H19BrN2O6. The normalized spacial score (nSPS) is 11.2. The largest absolute Gasteiger partial charge is 0.493 e. The number of halogens is 1. The molecule has 3 amide bonds. The van der Waals surface area contributed by atoms with Crippen LogP contribution in [0.1, 0.15) is 24.2 Å². The number of ether oxygens (including phenoxy) is 3. The molecule has 1 atom stereocenters. The van der Waals surface area contributed by atoms with Gasteiger partial charge < -0.3 is 19.5 Å². The van der Waals surface area contributed by atoms with Crippen molar-refractivity contribution in [2.45, 2.75) is 20.0 Å². The van der Waals surface area contributed by atoms with Gasteiger partial charge in [-0.15, -0.1) is 0 Å². The van der Waals surface area contributed by atoms with Crippen molar-refractivity contribution < 1.29 is 28.6 Å². The molecule has 0 heterocycles. The van der Waals surface area contributed by atoms with Gasteiger partial charge in [-0.25, -0.2) is 9.59 Å². The molecular weight excluding hydrogens is 384 g/mol. The number of carbonyl (C=O) groups is 3. The second-order valence-electron chi connectivity index (χ2n) is 4.54. The first-order valence-electron chi connectivity index (χ1n) is 7.07. The second-order valence-corrected chi connectivity index (χ2v) is 5.39. The van der Waals surface area contributed by atoms with E-state index in [1.807, 2.05) is 12.2 Å². The van der Waals surface area contributed by atoms with Crippen LogP contribution in [0.15, 0.2) is 16.6 Å². The van der Waals surface area contributed by atoms with E-state index >= 15 is 0 Å². The molecule has 0 aliphatic rings. The lowest BCUT2D eigenvalue weighted by Gasteiger charge is -2.15. The van der Waals surface area contributed by atoms with Gasteiger partial charge in [-0.1, -0.05) is 0 Å². The average molecular weight is 403 g/mol. The number of amides is 3. The number of hydrogen-bond acceptors (Lipinski definition) is 6. The molecule has 8 nitrogen and oxygen atoms in total. The molecule has 0 spiro atoms. The van der Waals surface area contributed by atoms with Crippen LogP contribution in [0.2, 0.25) is 0 Å². The smallest absolute Gasteiger partial charge is 0.339 e. The Morgan fingerprint density at radius 3 is 2.50 bits per heavy atom. The van der Waals surface area contributed by atoms with Gasteiger partial charge in [0, 0.05) is 7.05 Å². The summed E-state index contributed by atoms with van der Waals surface area (Å²) >= 11 is 3.30. The fourth-order valence-electron chi connectivity index (χ4n) is 1.68. The summed E-state index contributed by atoms with van der Waals surface area (Å²) in [6.45, 7) is 3.60. The van der Waals surface area contributed by atoms with Crippen molar-refractivity contribution in [3.05, 3.63) is 22.2 Å². The van der Waals surface area contributed by atoms with Crippen LogP contribution in [-0.2, 0) is 9.53 Å². The Bertz CT molecular complexity index is 635. The van der Waals surface area contributed by atoms with E-state index < -0.39 is 24.0 Å². The van der Waals surface area contributed by atoms with Gasteiger partial charge in [0.2, 0.25) is 0 Å². The van der Waals surface area contributed by atoms with Gasteiger partial charge in [0.25, 0.3) is 5.91 Å². The third-order valence-electron chi connectivity index (χ3n) is 2.87. The van der Waals surface area contributed by atoms with Crippen molar-refractivity contribution in [2.75, 3.05) is 20.8 Å². The van der Waals surface area contributed by atoms with Crippen molar-refractivity contribution in [1.82, 2.24) is 10.6 Å². The average Bonchev–Trinajstić information content (AvgIpc) is 2.55. The van der Waals surface area contributed by atoms with E-state index in [-0.39, 0.29) is 5.56 Å². The Morgan fingerprint density at radius 1 is 1.29 bits per heavy atom. The molecule has 0 radical (unpaired) electrons. The predicted octanol–water partition coefficient (Wildman–Crippen LogP) is 1.86. The van der Waals surface area contributed by atoms with E-state index in [1.165, 1.54) is 33.2 Å². The van der Waals surface area contributed by atoms with Gasteiger partial charge in [0.1, 0.15) is 0 Å². The van der Waals surface area contributed by atoms with E-state index in [9.17, 15) is 14.4 Å². The molecule has 0 saturated heterocycles. The Hall–Kier alpha value is -2.29. The Balaban J connectivity index is 2.90. The standard InChI is InChI=1S/C15H19BrN2O6/c1-5-23-12-10(16)6-9(7-11(12)22-4)14(20)24-8(2)13(19)18-15(21)17-3/h6-8H,5H2,1-4H3,(H2,17,18,19,21)/t8-/m0/s1. The molecule has 0 aliphatic heterocycles. The van der Waals surface area contributed by atoms with E-state index in [1.54, 1.807) is 0 Å². The quantitative estimate of drug-likeness (QED) is 0.703. The third kappa shape index (κ3) is 5.12. The maximum Gasteiger partial charge on any atom is 0.339 e. The zero-order valence-electron chi connectivity index (χ0n) is 13.8. The predicted molar refractivity (Wildman–Crippen MR) is 89.3 cm³/mol. The van der Waals surface area contributed by atoms with Crippen LogP contribution < -0.4 is 20.1 Å². The van der Waals surface area contributed by atoms with Crippen LogP contribution in [0.4, 0.5) is 4.79 Å². The molecule has 132 valence electrons. The van der Waals surface area contributed by atoms with Crippen molar-refractivity contribution in [3.63, 3.8) is 0 Å². The minimum Gasteiger partial charge on any atom is -0.493 e. The van der Waals surface area contributed by atoms with Crippen molar-refractivity contribution in [2.24, 2.45) is 0 Å². The number of hydrogen-bond donors (Lipinski definition) is 2. The number of rotatable bonds is 6. The lowest BCUT2D eigenvalue weighted by Crippen LogP contribution is -2.43. The number of nitrogens with one attached hydrogen (secondary N) is 2. The molecule has 1 aromatic carbocycles. The summed E-state index contributed by atoms with van der Waals surface area (Å²) in [6, 6.07) is 2.26. The third-order valence-corrected chi connectivity index (χ3v) is 3.46. The van der Waals surface area contributed by atoms with Gasteiger partial charge >= 0.3 is 12.0 Å². The summed E-state index contributed by atoms with van der Waals surface area (Å²) in [7, 11) is 2.81. The summed E-state index contributed by atoms with van der Waals surface area (Å²) in [5.41, 5.74) is 0.168. The molecule has 0 unspecified atom stereocenters. The topological polar surface area (TPSA) is 103 Å². The van der Waals surface area contributed by atoms with Crippen LogP contribution in [0.5, 0.6) is 11.5 Å². The minimum atomic E-state index is -1.15. The summed E-state index contributed by atoms with van der Waals surface area (Å²) in [5, 5.41) is 4.25. The molecule has 0 aliphatic carbocycles. The first kappa shape index (κ1) is 19.8. The van der Waals surface area contributed by atoms with Gasteiger partial charge in [-0.3, -0.25) is 10.1 Å². The zero-order valence-corrected chi connectivity index (χ0v) is 15.4. The lowest BCUT2D eigenvalue weighted by atomic mass is 10.2. The minimum absolute atomic E-state index is 0.168. The highest BCUT2D eigenvalue weighted by Gasteiger charge is 2.22. The molecule has 0 aromatic heterocycles. The SMILES string of the molecule is CCOc1c(Br)cc(C(=O)O[C@@H](C)C(=O)NC(=O)NC)cc1OC. The van der Waals surface area contributed by atoms with Gasteiger partial charge in [-0.2, -0.15) is 0 Å². The summed E-state index contributed by atoms with van der Waals surface area (Å²) in [4.78, 5) is 35.0. The fourth-order valence-corrected chi connectivity index (χ4v) is 2.24. The lowest BCUT2D eigenvalue weighted by molar-refractivity contribution is -0.127. The molecule has 0 saturated carbocycles. The maximum absolute atomic E-state index is 12.2. The van der Waals surface area contributed by atoms with Crippen LogP contribution >= 0.6 is 15.9 Å². The summed E-state index contributed by atoms with van der Waals surface area (Å²) < 4.78 is 16.2. The van der Waals surface area contributed by atoms with Crippen LogP contribution in [-0.4, -0.2) is 44.8 Å². The van der Waals surface area contributed by atoms with Gasteiger partial charge in [-0.05, 0) is 41.9 Å². The zero-order chi connectivity index (χ0) is 18.3. The molecule has 2 N–H and O–H groups in total. The van der Waals surface area contributed by atoms with E-state index in [0.717, 1.165) is 0 Å². The van der Waals surface area contributed by atoms with E-state index in [0.29, 0.717) is 22.6 Å². The molecule has 0 bridgehead atoms. The highest BCUT2D eigenvalue weighted by Crippen LogP contribution is 2.36. The van der Waals surface area contributed by atoms with E-state index in [2.05, 4.69) is 21.2 Å². The second kappa shape index (κ2) is 9.11. The highest BCUT2D eigenvalue weighted by molar-refractivity contribution is 9.10. The molecule has 1 rings (SSSR count). The highest BCUT2D eigenvalue weighted by atomic mass is 79.9. The number of imide groups is 1. The molecule has 0 fully saturated rings. The molecule has 24 heavy (non-hydrogen) atoms. The molecule has 9 heteroatoms. The van der Waals surface area contributed by atoms with Crippen LogP contribution in [0.25, 0.3) is 0 Å². The number of carbonyl (C=O) groups excluding carboxylic acids is 3. The monoisotopic (exact) mass is 402 g/mol. The Morgan fingerprint density at radius 2 is 1.96 bits per heavy atom. The van der Waals surface area contributed by atoms with Crippen molar-refractivity contribution >= 4 is 33.8 Å². The number of benzene rings is 1. The summed E-state index contributed by atoms with van der Waals surface area (Å²) in [6.07, 6.45) is -1.15.